The van der Waals surface area contributed by atoms with Crippen LogP contribution < -0.4 is 20.1 Å². The van der Waals surface area contributed by atoms with E-state index in [-0.39, 0.29) is 11.8 Å². The number of fused-ring (bicyclic) bond motifs is 1. The van der Waals surface area contributed by atoms with Crippen LogP contribution in [0.2, 0.25) is 0 Å². The van der Waals surface area contributed by atoms with Crippen molar-refractivity contribution in [3.05, 3.63) is 18.2 Å². The number of amides is 1. The number of para-hydroxylation sites is 1. The average molecular weight is 262 g/mol. The minimum Gasteiger partial charge on any atom is -0.486 e. The molecule has 0 bridgehead atoms. The Bertz CT molecular complexity index is 482. The lowest BCUT2D eigenvalue weighted by Gasteiger charge is -2.34. The Morgan fingerprint density at radius 2 is 1.95 bits per heavy atom. The lowest BCUT2D eigenvalue weighted by Crippen LogP contribution is -2.38. The van der Waals surface area contributed by atoms with Gasteiger partial charge >= 0.3 is 0 Å². The minimum absolute atomic E-state index is 0.00737. The molecule has 1 saturated heterocycles. The molecule has 0 atom stereocenters. The van der Waals surface area contributed by atoms with Gasteiger partial charge in [-0.15, -0.1) is 0 Å². The fraction of sp³-hybridized carbons (Fsp3) is 0.500. The summed E-state index contributed by atoms with van der Waals surface area (Å²) in [5, 5.41) is 0. The lowest BCUT2D eigenvalue weighted by molar-refractivity contribution is -0.122. The molecule has 2 N–H and O–H groups in total. The highest BCUT2D eigenvalue weighted by atomic mass is 16.6. The smallest absolute Gasteiger partial charge is 0.220 e. The summed E-state index contributed by atoms with van der Waals surface area (Å²) < 4.78 is 11.3. The topological polar surface area (TPSA) is 64.8 Å². The number of primary amides is 1. The molecule has 3 rings (SSSR count). The maximum Gasteiger partial charge on any atom is 0.220 e. The van der Waals surface area contributed by atoms with Gasteiger partial charge in [0.15, 0.2) is 11.5 Å². The van der Waals surface area contributed by atoms with Crippen molar-refractivity contribution < 1.29 is 14.3 Å². The summed E-state index contributed by atoms with van der Waals surface area (Å²) in [4.78, 5) is 13.4. The normalized spacial score (nSPS) is 19.3. The van der Waals surface area contributed by atoms with Gasteiger partial charge in [0.2, 0.25) is 5.91 Å². The van der Waals surface area contributed by atoms with E-state index in [1.807, 2.05) is 18.2 Å². The van der Waals surface area contributed by atoms with E-state index in [9.17, 15) is 4.79 Å². The van der Waals surface area contributed by atoms with Crippen LogP contribution >= 0.6 is 0 Å². The van der Waals surface area contributed by atoms with Crippen molar-refractivity contribution >= 4 is 11.6 Å². The first-order valence-electron chi connectivity index (χ1n) is 6.68. The summed E-state index contributed by atoms with van der Waals surface area (Å²) in [6, 6.07) is 5.94. The summed E-state index contributed by atoms with van der Waals surface area (Å²) in [6.45, 7) is 2.84. The zero-order chi connectivity index (χ0) is 13.2. The molecular formula is C14H18N2O3. The van der Waals surface area contributed by atoms with Gasteiger partial charge in [0, 0.05) is 19.0 Å². The van der Waals surface area contributed by atoms with Crippen molar-refractivity contribution in [2.24, 2.45) is 11.7 Å². The highest BCUT2D eigenvalue weighted by Gasteiger charge is 2.26. The number of piperidine rings is 1. The molecule has 1 amide bonds. The van der Waals surface area contributed by atoms with Gasteiger partial charge in [-0.1, -0.05) is 6.07 Å². The van der Waals surface area contributed by atoms with Crippen LogP contribution in [0.5, 0.6) is 11.5 Å². The average Bonchev–Trinajstić information content (AvgIpc) is 2.47. The number of benzene rings is 1. The number of hydrogen-bond acceptors (Lipinski definition) is 4. The highest BCUT2D eigenvalue weighted by molar-refractivity contribution is 5.77. The molecule has 19 heavy (non-hydrogen) atoms. The third kappa shape index (κ3) is 2.32. The molecule has 1 aromatic rings. The summed E-state index contributed by atoms with van der Waals surface area (Å²) in [7, 11) is 0. The molecule has 1 fully saturated rings. The van der Waals surface area contributed by atoms with Gasteiger partial charge in [-0.25, -0.2) is 0 Å². The third-order valence-corrected chi connectivity index (χ3v) is 3.78. The van der Waals surface area contributed by atoms with Crippen molar-refractivity contribution in [2.75, 3.05) is 31.2 Å². The highest BCUT2D eigenvalue weighted by Crippen LogP contribution is 2.40. The fourth-order valence-electron chi connectivity index (χ4n) is 2.71. The molecule has 0 spiro atoms. The van der Waals surface area contributed by atoms with E-state index in [0.29, 0.717) is 13.2 Å². The predicted molar refractivity (Wildman–Crippen MR) is 71.6 cm³/mol. The van der Waals surface area contributed by atoms with Crippen molar-refractivity contribution in [2.45, 2.75) is 12.8 Å². The predicted octanol–water partition coefficient (Wildman–Crippen LogP) is 1.16. The van der Waals surface area contributed by atoms with Gasteiger partial charge in [-0.3, -0.25) is 4.79 Å². The van der Waals surface area contributed by atoms with Crippen molar-refractivity contribution in [3.63, 3.8) is 0 Å². The van der Waals surface area contributed by atoms with Crippen LogP contribution in [-0.2, 0) is 4.79 Å². The van der Waals surface area contributed by atoms with Gasteiger partial charge in [0.25, 0.3) is 0 Å². The van der Waals surface area contributed by atoms with Gasteiger partial charge in [0.05, 0.1) is 5.69 Å². The van der Waals surface area contributed by atoms with E-state index >= 15 is 0 Å². The first-order chi connectivity index (χ1) is 9.25. The number of anilines is 1. The standard InChI is InChI=1S/C14H18N2O3/c15-14(17)10-4-6-16(7-5-10)11-2-1-3-12-13(11)19-9-8-18-12/h1-3,10H,4-9H2,(H2,15,17). The zero-order valence-corrected chi connectivity index (χ0v) is 10.8. The maximum absolute atomic E-state index is 11.2. The van der Waals surface area contributed by atoms with Crippen LogP contribution in [0.15, 0.2) is 18.2 Å². The molecular weight excluding hydrogens is 244 g/mol. The number of nitrogens with zero attached hydrogens (tertiary/aromatic N) is 1. The molecule has 1 aromatic carbocycles. The van der Waals surface area contributed by atoms with Gasteiger partial charge in [0.1, 0.15) is 13.2 Å². The largest absolute Gasteiger partial charge is 0.486 e. The Balaban J connectivity index is 1.78. The minimum atomic E-state index is -0.186. The number of hydrogen-bond donors (Lipinski definition) is 1. The van der Waals surface area contributed by atoms with E-state index in [1.165, 1.54) is 0 Å². The van der Waals surface area contributed by atoms with Crippen LogP contribution in [0.3, 0.4) is 0 Å². The molecule has 0 unspecified atom stereocenters. The molecule has 0 aromatic heterocycles. The summed E-state index contributed by atoms with van der Waals surface area (Å²) in [5.74, 6) is 1.45. The van der Waals surface area contributed by atoms with E-state index in [0.717, 1.165) is 43.1 Å². The second-order valence-corrected chi connectivity index (χ2v) is 4.97. The van der Waals surface area contributed by atoms with Gasteiger partial charge < -0.3 is 20.1 Å². The van der Waals surface area contributed by atoms with Gasteiger partial charge in [-0.05, 0) is 25.0 Å². The molecule has 5 nitrogen and oxygen atoms in total. The number of carbonyl (C=O) groups is 1. The van der Waals surface area contributed by atoms with E-state index in [2.05, 4.69) is 4.90 Å². The van der Waals surface area contributed by atoms with E-state index < -0.39 is 0 Å². The lowest BCUT2D eigenvalue weighted by atomic mass is 9.96. The van der Waals surface area contributed by atoms with Crippen LogP contribution in [0.1, 0.15) is 12.8 Å². The van der Waals surface area contributed by atoms with Gasteiger partial charge in [-0.2, -0.15) is 0 Å². The Hall–Kier alpha value is -1.91. The quantitative estimate of drug-likeness (QED) is 0.868. The molecule has 2 heterocycles. The second-order valence-electron chi connectivity index (χ2n) is 4.97. The summed E-state index contributed by atoms with van der Waals surface area (Å²) in [5.41, 5.74) is 6.42. The number of ether oxygens (including phenoxy) is 2. The van der Waals surface area contributed by atoms with E-state index in [1.54, 1.807) is 0 Å². The van der Waals surface area contributed by atoms with Crippen molar-refractivity contribution in [1.29, 1.82) is 0 Å². The molecule has 0 aliphatic carbocycles. The molecule has 102 valence electrons. The molecule has 0 radical (unpaired) electrons. The summed E-state index contributed by atoms with van der Waals surface area (Å²) in [6.07, 6.45) is 1.61. The number of rotatable bonds is 2. The third-order valence-electron chi connectivity index (χ3n) is 3.78. The van der Waals surface area contributed by atoms with Crippen LogP contribution in [0, 0.1) is 5.92 Å². The maximum atomic E-state index is 11.2. The summed E-state index contributed by atoms with van der Waals surface area (Å²) >= 11 is 0. The van der Waals surface area contributed by atoms with Crippen LogP contribution in [0.4, 0.5) is 5.69 Å². The zero-order valence-electron chi connectivity index (χ0n) is 10.8. The van der Waals surface area contributed by atoms with Crippen molar-refractivity contribution in [3.8, 4) is 11.5 Å². The molecule has 5 heteroatoms. The van der Waals surface area contributed by atoms with Crippen molar-refractivity contribution in [1.82, 2.24) is 0 Å². The first-order valence-corrected chi connectivity index (χ1v) is 6.68. The monoisotopic (exact) mass is 262 g/mol. The number of nitrogens with two attached hydrogens (primary N) is 1. The second kappa shape index (κ2) is 4.99. The first kappa shape index (κ1) is 12.1. The Kier molecular flexibility index (Phi) is 3.19. The Morgan fingerprint density at radius 1 is 1.21 bits per heavy atom. The molecule has 2 aliphatic rings. The fourth-order valence-corrected chi connectivity index (χ4v) is 2.71. The van der Waals surface area contributed by atoms with E-state index in [4.69, 9.17) is 15.2 Å². The Labute approximate surface area is 112 Å². The number of carbonyl (C=O) groups excluding carboxylic acids is 1. The molecule has 2 aliphatic heterocycles. The Morgan fingerprint density at radius 3 is 2.68 bits per heavy atom. The van der Waals surface area contributed by atoms with Crippen LogP contribution in [-0.4, -0.2) is 32.2 Å². The SMILES string of the molecule is NC(=O)C1CCN(c2cccc3c2OCCO3)CC1. The molecule has 0 saturated carbocycles. The van der Waals surface area contributed by atoms with Crippen LogP contribution in [0.25, 0.3) is 0 Å².